The standard InChI is InChI=1S/C23H34O2/c1-17-9-12-21-22(2,3)13-6-14-23(21,4)20(17)11-10-18-7-5-8-19(24)16-25-15-18/h5,7-8,16,21,24H,6,9-15H2,1-4H3/b8-5-,18-7-,19-16+/t21?,23-/m1/s1. The van der Waals surface area contributed by atoms with Crippen molar-refractivity contribution in [1.29, 1.82) is 0 Å². The molecule has 0 aromatic carbocycles. The average molecular weight is 343 g/mol. The van der Waals surface area contributed by atoms with E-state index in [9.17, 15) is 5.11 Å². The van der Waals surface area contributed by atoms with E-state index >= 15 is 0 Å². The van der Waals surface area contributed by atoms with Gasteiger partial charge in [-0.25, -0.2) is 0 Å². The monoisotopic (exact) mass is 342 g/mol. The lowest BCUT2D eigenvalue weighted by Gasteiger charge is -2.55. The van der Waals surface area contributed by atoms with Crippen LogP contribution in [0.1, 0.15) is 72.6 Å². The van der Waals surface area contributed by atoms with E-state index in [2.05, 4.69) is 33.8 Å². The van der Waals surface area contributed by atoms with Gasteiger partial charge in [-0.2, -0.15) is 0 Å². The molecule has 2 heteroatoms. The molecule has 2 nitrogen and oxygen atoms in total. The van der Waals surface area contributed by atoms with Gasteiger partial charge in [0.25, 0.3) is 0 Å². The van der Waals surface area contributed by atoms with Crippen LogP contribution in [0.15, 0.2) is 47.0 Å². The lowest BCUT2D eigenvalue weighted by atomic mass is 9.50. The van der Waals surface area contributed by atoms with Crippen molar-refractivity contribution in [2.24, 2.45) is 16.7 Å². The lowest BCUT2D eigenvalue weighted by molar-refractivity contribution is 0.0104. The number of aliphatic hydroxyl groups is 1. The molecule has 1 heterocycles. The van der Waals surface area contributed by atoms with Gasteiger partial charge in [0.1, 0.15) is 18.6 Å². The van der Waals surface area contributed by atoms with Gasteiger partial charge in [-0.05, 0) is 73.8 Å². The molecule has 1 saturated carbocycles. The van der Waals surface area contributed by atoms with Crippen molar-refractivity contribution in [3.8, 4) is 0 Å². The molecule has 1 N–H and O–H groups in total. The van der Waals surface area contributed by atoms with Crippen LogP contribution in [0.5, 0.6) is 0 Å². The number of allylic oxidation sites excluding steroid dienone is 5. The van der Waals surface area contributed by atoms with Gasteiger partial charge in [0, 0.05) is 0 Å². The summed E-state index contributed by atoms with van der Waals surface area (Å²) in [6.45, 7) is 10.5. The minimum absolute atomic E-state index is 0.181. The number of aliphatic hydroxyl groups excluding tert-OH is 1. The smallest absolute Gasteiger partial charge is 0.149 e. The van der Waals surface area contributed by atoms with Crippen molar-refractivity contribution in [3.05, 3.63) is 47.0 Å². The maximum absolute atomic E-state index is 9.49. The fourth-order valence-corrected chi connectivity index (χ4v) is 5.74. The second-order valence-corrected chi connectivity index (χ2v) is 9.15. The van der Waals surface area contributed by atoms with Gasteiger partial charge in [0.2, 0.25) is 0 Å². The van der Waals surface area contributed by atoms with Crippen molar-refractivity contribution >= 4 is 0 Å². The summed E-state index contributed by atoms with van der Waals surface area (Å²) in [6, 6.07) is 0. The van der Waals surface area contributed by atoms with Gasteiger partial charge in [-0.1, -0.05) is 50.5 Å². The highest BCUT2D eigenvalue weighted by molar-refractivity contribution is 5.29. The lowest BCUT2D eigenvalue weighted by Crippen LogP contribution is -2.45. The Hall–Kier alpha value is -1.44. The van der Waals surface area contributed by atoms with Crippen molar-refractivity contribution < 1.29 is 9.84 Å². The third kappa shape index (κ3) is 3.73. The Labute approximate surface area is 153 Å². The van der Waals surface area contributed by atoms with E-state index in [4.69, 9.17) is 4.74 Å². The number of ether oxygens (including phenoxy) is 1. The molecule has 0 amide bonds. The van der Waals surface area contributed by atoms with Gasteiger partial charge in [0.15, 0.2) is 0 Å². The summed E-state index contributed by atoms with van der Waals surface area (Å²) in [7, 11) is 0. The molecule has 1 unspecified atom stereocenters. The van der Waals surface area contributed by atoms with E-state index in [0.717, 1.165) is 18.8 Å². The van der Waals surface area contributed by atoms with Gasteiger partial charge in [-0.15, -0.1) is 0 Å². The summed E-state index contributed by atoms with van der Waals surface area (Å²) in [4.78, 5) is 0. The summed E-state index contributed by atoms with van der Waals surface area (Å²) in [6.07, 6.45) is 16.1. The van der Waals surface area contributed by atoms with Gasteiger partial charge in [-0.3, -0.25) is 0 Å². The minimum Gasteiger partial charge on any atom is -0.505 e. The largest absolute Gasteiger partial charge is 0.505 e. The first kappa shape index (κ1) is 18.4. The molecular weight excluding hydrogens is 308 g/mol. The Balaban J connectivity index is 1.77. The van der Waals surface area contributed by atoms with Crippen LogP contribution < -0.4 is 0 Å². The molecule has 3 aliphatic rings. The number of rotatable bonds is 3. The second-order valence-electron chi connectivity index (χ2n) is 9.15. The van der Waals surface area contributed by atoms with Crippen LogP contribution >= 0.6 is 0 Å². The molecule has 2 atom stereocenters. The summed E-state index contributed by atoms with van der Waals surface area (Å²) < 4.78 is 5.48. The Bertz CT molecular complexity index is 632. The second kappa shape index (κ2) is 7.05. The quantitative estimate of drug-likeness (QED) is 0.584. The molecule has 1 aliphatic heterocycles. The van der Waals surface area contributed by atoms with Crippen LogP contribution in [0.4, 0.5) is 0 Å². The van der Waals surface area contributed by atoms with Gasteiger partial charge in [0.05, 0.1) is 0 Å². The molecule has 0 saturated heterocycles. The molecule has 0 radical (unpaired) electrons. The van der Waals surface area contributed by atoms with Gasteiger partial charge < -0.3 is 9.84 Å². The van der Waals surface area contributed by atoms with E-state index in [0.29, 0.717) is 17.4 Å². The Kier molecular flexibility index (Phi) is 5.18. The molecular formula is C23H34O2. The number of hydrogen-bond acceptors (Lipinski definition) is 2. The SMILES string of the molecule is CC1=C(CC/C2=C/C=C\C(O)=C/OC2)[C@@]2(C)CCCC(C)(C)C2CC1. The zero-order valence-corrected chi connectivity index (χ0v) is 16.4. The van der Waals surface area contributed by atoms with E-state index in [1.165, 1.54) is 43.9 Å². The Morgan fingerprint density at radius 3 is 2.80 bits per heavy atom. The Morgan fingerprint density at radius 2 is 2.00 bits per heavy atom. The summed E-state index contributed by atoms with van der Waals surface area (Å²) in [5.74, 6) is 0.996. The minimum atomic E-state index is 0.181. The molecule has 2 aliphatic carbocycles. The maximum Gasteiger partial charge on any atom is 0.149 e. The molecule has 1 fully saturated rings. The maximum atomic E-state index is 9.49. The normalized spacial score (nSPS) is 37.5. The molecule has 0 aromatic heterocycles. The van der Waals surface area contributed by atoms with E-state index in [1.807, 2.05) is 6.08 Å². The van der Waals surface area contributed by atoms with E-state index < -0.39 is 0 Å². The summed E-state index contributed by atoms with van der Waals surface area (Å²) >= 11 is 0. The van der Waals surface area contributed by atoms with Crippen LogP contribution in [-0.2, 0) is 4.74 Å². The third-order valence-corrected chi connectivity index (χ3v) is 7.01. The third-order valence-electron chi connectivity index (χ3n) is 7.01. The molecule has 25 heavy (non-hydrogen) atoms. The first-order valence-corrected chi connectivity index (χ1v) is 9.89. The predicted octanol–water partition coefficient (Wildman–Crippen LogP) is 6.62. The van der Waals surface area contributed by atoms with Crippen molar-refractivity contribution in [3.63, 3.8) is 0 Å². The predicted molar refractivity (Wildman–Crippen MR) is 104 cm³/mol. The highest BCUT2D eigenvalue weighted by atomic mass is 16.5. The molecule has 0 aromatic rings. The highest BCUT2D eigenvalue weighted by Crippen LogP contribution is 2.60. The van der Waals surface area contributed by atoms with Crippen molar-refractivity contribution in [1.82, 2.24) is 0 Å². The zero-order chi connectivity index (χ0) is 18.1. The number of hydrogen-bond donors (Lipinski definition) is 1. The highest BCUT2D eigenvalue weighted by Gasteiger charge is 2.49. The van der Waals surface area contributed by atoms with Gasteiger partial charge >= 0.3 is 0 Å². The van der Waals surface area contributed by atoms with Crippen molar-refractivity contribution in [2.45, 2.75) is 72.6 Å². The topological polar surface area (TPSA) is 29.5 Å². The van der Waals surface area contributed by atoms with Crippen LogP contribution in [-0.4, -0.2) is 11.7 Å². The van der Waals surface area contributed by atoms with Crippen molar-refractivity contribution in [2.75, 3.05) is 6.61 Å². The van der Waals surface area contributed by atoms with Crippen LogP contribution in [0.3, 0.4) is 0 Å². The summed E-state index contributed by atoms with van der Waals surface area (Å²) in [5, 5.41) is 9.49. The number of fused-ring (bicyclic) bond motifs is 1. The first-order valence-electron chi connectivity index (χ1n) is 9.89. The van der Waals surface area contributed by atoms with E-state index in [1.54, 1.807) is 17.2 Å². The summed E-state index contributed by atoms with van der Waals surface area (Å²) in [5.41, 5.74) is 5.51. The fraction of sp³-hybridized carbons (Fsp3) is 0.652. The van der Waals surface area contributed by atoms with E-state index in [-0.39, 0.29) is 5.76 Å². The fourth-order valence-electron chi connectivity index (χ4n) is 5.74. The first-order chi connectivity index (χ1) is 11.8. The van der Waals surface area contributed by atoms with Crippen LogP contribution in [0.25, 0.3) is 0 Å². The zero-order valence-electron chi connectivity index (χ0n) is 16.4. The van der Waals surface area contributed by atoms with Crippen LogP contribution in [0.2, 0.25) is 0 Å². The molecule has 3 rings (SSSR count). The molecule has 138 valence electrons. The molecule has 0 spiro atoms. The van der Waals surface area contributed by atoms with Crippen LogP contribution in [0, 0.1) is 16.7 Å². The average Bonchev–Trinajstić information content (AvgIpc) is 2.50. The Morgan fingerprint density at radius 1 is 1.20 bits per heavy atom. The molecule has 0 bridgehead atoms.